The molecule has 320 valence electrons. The number of primary amides is 1. The number of amides is 7. The van der Waals surface area contributed by atoms with Crippen molar-refractivity contribution in [2.45, 2.75) is 87.6 Å². The molecule has 0 bridgehead atoms. The summed E-state index contributed by atoms with van der Waals surface area (Å²) in [4.78, 5) is 120. The largest absolute Gasteiger partial charge is 0.508 e. The molecule has 0 radical (unpaired) electrons. The van der Waals surface area contributed by atoms with Crippen molar-refractivity contribution in [3.8, 4) is 5.75 Å². The maximum Gasteiger partial charge on any atom is 0.328 e. The standard InChI is InChI=1S/C34H51N11O13/c35-15-26(49)40-21(13-17-5-7-18(47)8-6-17)29(53)43-22(14-25(36)48)30(54)41-19(9-10-27(50)51)28(52)42-20(3-1-11-39-34(37)38)32(56)45-12-2-4-24(45)31(55)44-23(16-46)33(57)58/h5-8,19-24,46-47H,1-4,9-16,35H2,(H2,36,48)(H,40,49)(H,41,54)(H,42,52)(H,43,53)(H,44,55)(H,50,51)(H,57,58)(H4,37,38,39)/t19-,20-,21-,22-,23-,24-/m0/s1. The van der Waals surface area contributed by atoms with E-state index in [1.54, 1.807) is 0 Å². The Bertz CT molecular complexity index is 1690. The van der Waals surface area contributed by atoms with Gasteiger partial charge in [0.05, 0.1) is 19.6 Å². The van der Waals surface area contributed by atoms with Gasteiger partial charge in [-0.1, -0.05) is 12.1 Å². The predicted octanol–water partition coefficient (Wildman–Crippen LogP) is -5.82. The number of aliphatic carboxylic acids is 2. The van der Waals surface area contributed by atoms with E-state index in [1.807, 2.05) is 0 Å². The Morgan fingerprint density at radius 2 is 1.40 bits per heavy atom. The minimum atomic E-state index is -1.77. The quantitative estimate of drug-likeness (QED) is 0.0262. The number of aliphatic imine (C=N–C) groups is 1. The number of hydrogen-bond acceptors (Lipinski definition) is 13. The molecule has 6 atom stereocenters. The van der Waals surface area contributed by atoms with Crippen molar-refractivity contribution in [2.75, 3.05) is 26.2 Å². The third-order valence-corrected chi connectivity index (χ3v) is 8.73. The van der Waals surface area contributed by atoms with Crippen LogP contribution in [0.1, 0.15) is 50.5 Å². The highest BCUT2D eigenvalue weighted by molar-refractivity contribution is 5.98. The molecular formula is C34H51N11O13. The molecule has 1 saturated heterocycles. The zero-order valence-corrected chi connectivity index (χ0v) is 31.4. The smallest absolute Gasteiger partial charge is 0.328 e. The van der Waals surface area contributed by atoms with Crippen LogP contribution in [0.25, 0.3) is 0 Å². The number of carboxylic acid groups (broad SMARTS) is 2. The van der Waals surface area contributed by atoms with E-state index >= 15 is 0 Å². The first kappa shape index (κ1) is 47.6. The molecule has 24 nitrogen and oxygen atoms in total. The second kappa shape index (κ2) is 23.5. The molecule has 1 aromatic rings. The number of likely N-dealkylation sites (tertiary alicyclic amines) is 1. The highest BCUT2D eigenvalue weighted by Crippen LogP contribution is 2.20. The number of rotatable bonds is 24. The molecule has 0 spiro atoms. The van der Waals surface area contributed by atoms with Gasteiger partial charge in [-0.05, 0) is 49.8 Å². The van der Waals surface area contributed by atoms with E-state index < -0.39 is 122 Å². The van der Waals surface area contributed by atoms with Gasteiger partial charge in [-0.25, -0.2) is 4.79 Å². The number of phenolic OH excluding ortho intramolecular Hbond substituents is 1. The first-order chi connectivity index (χ1) is 27.4. The Morgan fingerprint density at radius 3 is 1.97 bits per heavy atom. The van der Waals surface area contributed by atoms with Gasteiger partial charge in [-0.15, -0.1) is 0 Å². The summed E-state index contributed by atoms with van der Waals surface area (Å²) < 4.78 is 0. The molecule has 1 aliphatic rings. The van der Waals surface area contributed by atoms with Crippen LogP contribution in [0.3, 0.4) is 0 Å². The van der Waals surface area contributed by atoms with Gasteiger partial charge in [0, 0.05) is 25.9 Å². The van der Waals surface area contributed by atoms with Gasteiger partial charge in [-0.2, -0.15) is 0 Å². The lowest BCUT2D eigenvalue weighted by Gasteiger charge is -2.30. The van der Waals surface area contributed by atoms with Crippen LogP contribution in [0.4, 0.5) is 0 Å². The van der Waals surface area contributed by atoms with E-state index in [1.165, 1.54) is 24.3 Å². The van der Waals surface area contributed by atoms with E-state index in [2.05, 4.69) is 31.6 Å². The summed E-state index contributed by atoms with van der Waals surface area (Å²) in [5.74, 6) is -9.95. The number of carbonyl (C=O) groups is 9. The molecule has 1 heterocycles. The van der Waals surface area contributed by atoms with E-state index in [-0.39, 0.29) is 50.5 Å². The topological polar surface area (TPSA) is 414 Å². The second-order valence-corrected chi connectivity index (χ2v) is 13.2. The number of nitrogens with two attached hydrogens (primary N) is 4. The molecular weight excluding hydrogens is 770 g/mol. The van der Waals surface area contributed by atoms with Crippen molar-refractivity contribution >= 4 is 59.2 Å². The molecule has 1 aromatic carbocycles. The molecule has 2 rings (SSSR count). The number of phenols is 1. The number of benzene rings is 1. The summed E-state index contributed by atoms with van der Waals surface area (Å²) in [6.45, 7) is -1.43. The number of carboxylic acids is 2. The molecule has 17 N–H and O–H groups in total. The van der Waals surface area contributed by atoms with Gasteiger partial charge in [0.15, 0.2) is 5.96 Å². The fourth-order valence-electron chi connectivity index (χ4n) is 5.81. The fourth-order valence-corrected chi connectivity index (χ4v) is 5.81. The van der Waals surface area contributed by atoms with Crippen LogP contribution in [0.15, 0.2) is 29.3 Å². The SMILES string of the molecule is NCC(=O)N[C@@H](Cc1ccc(O)cc1)C(=O)N[C@@H](CC(N)=O)C(=O)N[C@@H](CCC(=O)O)C(=O)N[C@@H](CCCN=C(N)N)C(=O)N1CCC[C@H]1C(=O)N[C@@H](CO)C(=O)O. The normalized spacial score (nSPS) is 16.0. The number of aliphatic hydroxyl groups excluding tert-OH is 1. The van der Waals surface area contributed by atoms with Crippen LogP contribution in [-0.2, 0) is 49.6 Å². The molecule has 0 saturated carbocycles. The van der Waals surface area contributed by atoms with Crippen molar-refractivity contribution in [3.63, 3.8) is 0 Å². The zero-order chi connectivity index (χ0) is 43.5. The van der Waals surface area contributed by atoms with Crippen molar-refractivity contribution in [1.29, 1.82) is 0 Å². The summed E-state index contributed by atoms with van der Waals surface area (Å²) in [6.07, 6.45) is -1.84. The van der Waals surface area contributed by atoms with Gasteiger partial charge in [0.1, 0.15) is 42.0 Å². The van der Waals surface area contributed by atoms with Gasteiger partial charge in [0.25, 0.3) is 0 Å². The molecule has 1 aliphatic heterocycles. The average molecular weight is 822 g/mol. The van der Waals surface area contributed by atoms with E-state index in [4.69, 9.17) is 22.9 Å². The Morgan fingerprint density at radius 1 is 0.793 bits per heavy atom. The van der Waals surface area contributed by atoms with Crippen LogP contribution in [0, 0.1) is 0 Å². The monoisotopic (exact) mass is 821 g/mol. The minimum Gasteiger partial charge on any atom is -0.508 e. The van der Waals surface area contributed by atoms with Crippen molar-refractivity contribution < 1.29 is 63.6 Å². The third-order valence-electron chi connectivity index (χ3n) is 8.73. The molecule has 0 aliphatic carbocycles. The number of guanidine groups is 1. The number of aliphatic hydroxyl groups is 1. The van der Waals surface area contributed by atoms with Crippen molar-refractivity contribution in [3.05, 3.63) is 29.8 Å². The number of hydrogen-bond donors (Lipinski definition) is 13. The maximum absolute atomic E-state index is 13.9. The second-order valence-electron chi connectivity index (χ2n) is 13.2. The van der Waals surface area contributed by atoms with Gasteiger partial charge < -0.3 is 74.8 Å². The highest BCUT2D eigenvalue weighted by atomic mass is 16.4. The van der Waals surface area contributed by atoms with Gasteiger partial charge in [-0.3, -0.25) is 43.3 Å². The first-order valence-electron chi connectivity index (χ1n) is 18.0. The average Bonchev–Trinajstić information content (AvgIpc) is 3.66. The number of aromatic hydroxyl groups is 1. The minimum absolute atomic E-state index is 0.00413. The van der Waals surface area contributed by atoms with E-state index in [9.17, 15) is 63.6 Å². The highest BCUT2D eigenvalue weighted by Gasteiger charge is 2.40. The van der Waals surface area contributed by atoms with Crippen molar-refractivity contribution in [2.24, 2.45) is 27.9 Å². The molecule has 58 heavy (non-hydrogen) atoms. The summed E-state index contributed by atoms with van der Waals surface area (Å²) in [5.41, 5.74) is 22.0. The number of nitrogens with one attached hydrogen (secondary N) is 5. The molecule has 7 amide bonds. The Hall–Kier alpha value is -6.56. The van der Waals surface area contributed by atoms with Crippen molar-refractivity contribution in [1.82, 2.24) is 31.5 Å². The van der Waals surface area contributed by atoms with Crippen LogP contribution in [0.2, 0.25) is 0 Å². The van der Waals surface area contributed by atoms with Crippen LogP contribution < -0.4 is 49.5 Å². The van der Waals surface area contributed by atoms with Crippen LogP contribution in [0.5, 0.6) is 5.75 Å². The van der Waals surface area contributed by atoms with Crippen LogP contribution in [-0.4, -0.2) is 147 Å². The Kier molecular flexibility index (Phi) is 19.3. The molecule has 0 aromatic heterocycles. The number of carbonyl (C=O) groups excluding carboxylic acids is 7. The first-order valence-corrected chi connectivity index (χ1v) is 18.0. The van der Waals surface area contributed by atoms with Crippen LogP contribution >= 0.6 is 0 Å². The molecule has 1 fully saturated rings. The maximum atomic E-state index is 13.9. The predicted molar refractivity (Wildman–Crippen MR) is 201 cm³/mol. The van der Waals surface area contributed by atoms with E-state index in [0.29, 0.717) is 12.0 Å². The lowest BCUT2D eigenvalue weighted by molar-refractivity contribution is -0.146. The third kappa shape index (κ3) is 15.9. The van der Waals surface area contributed by atoms with Gasteiger partial charge in [0.2, 0.25) is 41.4 Å². The summed E-state index contributed by atoms with van der Waals surface area (Å²) in [7, 11) is 0. The summed E-state index contributed by atoms with van der Waals surface area (Å²) in [6, 6.07) is -3.51. The summed E-state index contributed by atoms with van der Waals surface area (Å²) >= 11 is 0. The molecule has 0 unspecified atom stereocenters. The summed E-state index contributed by atoms with van der Waals surface area (Å²) in [5, 5.41) is 49.3. The fraction of sp³-hybridized carbons (Fsp3) is 0.529. The lowest BCUT2D eigenvalue weighted by atomic mass is 10.0. The van der Waals surface area contributed by atoms with E-state index in [0.717, 1.165) is 4.90 Å². The zero-order valence-electron chi connectivity index (χ0n) is 31.4. The Balaban J connectivity index is 2.38. The molecule has 24 heteroatoms. The number of nitrogens with zero attached hydrogens (tertiary/aromatic N) is 2. The van der Waals surface area contributed by atoms with Gasteiger partial charge >= 0.3 is 11.9 Å². The lowest BCUT2D eigenvalue weighted by Crippen LogP contribution is -2.60. The Labute approximate surface area is 331 Å².